The lowest BCUT2D eigenvalue weighted by molar-refractivity contribution is -0.385. The molecule has 0 radical (unpaired) electrons. The van der Waals surface area contributed by atoms with Gasteiger partial charge in [-0.3, -0.25) is 14.9 Å². The van der Waals surface area contributed by atoms with E-state index in [2.05, 4.69) is 9.97 Å². The van der Waals surface area contributed by atoms with Crippen LogP contribution in [0.5, 0.6) is 0 Å². The number of anilines is 1. The predicted octanol–water partition coefficient (Wildman–Crippen LogP) is 2.62. The fraction of sp³-hybridized carbons (Fsp3) is 0.312. The highest BCUT2D eigenvalue weighted by Gasteiger charge is 2.27. The molecular formula is C16H15FN4O3. The number of hydrogen-bond donors (Lipinski definition) is 0. The first-order valence-corrected chi connectivity index (χ1v) is 7.56. The monoisotopic (exact) mass is 330 g/mol. The van der Waals surface area contributed by atoms with Gasteiger partial charge in [0.05, 0.1) is 4.92 Å². The summed E-state index contributed by atoms with van der Waals surface area (Å²) in [5.41, 5.74) is 0.363. The second-order valence-electron chi connectivity index (χ2n) is 5.63. The summed E-state index contributed by atoms with van der Waals surface area (Å²) >= 11 is 0. The Labute approximate surface area is 137 Å². The summed E-state index contributed by atoms with van der Waals surface area (Å²) < 4.78 is 12.9. The first-order valence-electron chi connectivity index (χ1n) is 7.56. The van der Waals surface area contributed by atoms with E-state index in [-0.39, 0.29) is 23.2 Å². The van der Waals surface area contributed by atoms with E-state index in [0.717, 1.165) is 0 Å². The molecule has 0 spiro atoms. The average Bonchev–Trinajstić information content (AvgIpc) is 2.62. The minimum atomic E-state index is -0.544. The maximum Gasteiger partial charge on any atom is 0.305 e. The Hall–Kier alpha value is -2.90. The summed E-state index contributed by atoms with van der Waals surface area (Å²) in [7, 11) is 0. The Morgan fingerprint density at radius 3 is 2.29 bits per heavy atom. The molecule has 0 amide bonds. The number of Topliss-reactive ketones (excluding diaryl/α,β-unsaturated/α-hetero) is 1. The van der Waals surface area contributed by atoms with E-state index in [9.17, 15) is 19.3 Å². The van der Waals surface area contributed by atoms with Crippen molar-refractivity contribution >= 4 is 17.4 Å². The molecule has 0 unspecified atom stereocenters. The Bertz CT molecular complexity index is 741. The number of nitrogens with zero attached hydrogens (tertiary/aromatic N) is 4. The Kier molecular flexibility index (Phi) is 4.45. The van der Waals surface area contributed by atoms with Crippen molar-refractivity contribution in [2.24, 2.45) is 5.92 Å². The zero-order chi connectivity index (χ0) is 17.1. The van der Waals surface area contributed by atoms with Crippen molar-refractivity contribution in [3.05, 3.63) is 58.2 Å². The second kappa shape index (κ2) is 6.69. The maximum absolute atomic E-state index is 12.9. The lowest BCUT2D eigenvalue weighted by atomic mass is 9.89. The van der Waals surface area contributed by atoms with Crippen LogP contribution in [0.4, 0.5) is 16.0 Å². The summed E-state index contributed by atoms with van der Waals surface area (Å²) in [5, 5.41) is 10.6. The van der Waals surface area contributed by atoms with Crippen LogP contribution in [0.3, 0.4) is 0 Å². The SMILES string of the molecule is O=C(c1ccc(F)cc1)C1CCN(c2ncc([N+](=O)[O-])cn2)CC1. The molecule has 2 aromatic rings. The largest absolute Gasteiger partial charge is 0.341 e. The van der Waals surface area contributed by atoms with Crippen LogP contribution >= 0.6 is 0 Å². The molecule has 1 fully saturated rings. The number of hydrogen-bond acceptors (Lipinski definition) is 6. The Morgan fingerprint density at radius 2 is 1.75 bits per heavy atom. The first kappa shape index (κ1) is 16.0. The molecule has 0 aliphatic carbocycles. The molecule has 1 aromatic carbocycles. The Morgan fingerprint density at radius 1 is 1.17 bits per heavy atom. The molecular weight excluding hydrogens is 315 g/mol. The zero-order valence-electron chi connectivity index (χ0n) is 12.8. The normalized spacial score (nSPS) is 15.3. The van der Waals surface area contributed by atoms with Crippen LogP contribution < -0.4 is 4.90 Å². The van der Waals surface area contributed by atoms with Crippen molar-refractivity contribution in [1.29, 1.82) is 0 Å². The van der Waals surface area contributed by atoms with Crippen LogP contribution in [0.25, 0.3) is 0 Å². The van der Waals surface area contributed by atoms with Crippen LogP contribution in [-0.4, -0.2) is 33.8 Å². The van der Waals surface area contributed by atoms with Gasteiger partial charge in [0.25, 0.3) is 0 Å². The van der Waals surface area contributed by atoms with Crippen LogP contribution in [0.15, 0.2) is 36.7 Å². The van der Waals surface area contributed by atoms with Gasteiger partial charge in [-0.15, -0.1) is 0 Å². The number of benzene rings is 1. The van der Waals surface area contributed by atoms with Gasteiger partial charge >= 0.3 is 5.69 Å². The summed E-state index contributed by atoms with van der Waals surface area (Å²) in [6.07, 6.45) is 3.63. The number of carbonyl (C=O) groups excluding carboxylic acids is 1. The van der Waals surface area contributed by atoms with Crippen LogP contribution in [0.1, 0.15) is 23.2 Å². The number of ketones is 1. The molecule has 3 rings (SSSR count). The van der Waals surface area contributed by atoms with Gasteiger partial charge in [-0.1, -0.05) is 0 Å². The highest BCUT2D eigenvalue weighted by Crippen LogP contribution is 2.24. The molecule has 124 valence electrons. The van der Waals surface area contributed by atoms with Gasteiger partial charge in [-0.25, -0.2) is 14.4 Å². The fourth-order valence-corrected chi connectivity index (χ4v) is 2.76. The van der Waals surface area contributed by atoms with Crippen molar-refractivity contribution in [3.63, 3.8) is 0 Å². The van der Waals surface area contributed by atoms with Gasteiger partial charge in [0.2, 0.25) is 5.95 Å². The van der Waals surface area contributed by atoms with Crippen LogP contribution in [0.2, 0.25) is 0 Å². The van der Waals surface area contributed by atoms with Gasteiger partial charge in [-0.05, 0) is 37.1 Å². The first-order chi connectivity index (χ1) is 11.5. The van der Waals surface area contributed by atoms with Crippen molar-refractivity contribution in [1.82, 2.24) is 9.97 Å². The molecule has 1 aliphatic heterocycles. The minimum absolute atomic E-state index is 0.0132. The van der Waals surface area contributed by atoms with Crippen LogP contribution in [0, 0.1) is 21.8 Å². The van der Waals surface area contributed by atoms with E-state index in [0.29, 0.717) is 37.4 Å². The van der Waals surface area contributed by atoms with Crippen molar-refractivity contribution in [2.75, 3.05) is 18.0 Å². The lowest BCUT2D eigenvalue weighted by Crippen LogP contribution is -2.37. The third-order valence-electron chi connectivity index (χ3n) is 4.11. The zero-order valence-corrected chi connectivity index (χ0v) is 12.8. The molecule has 0 N–H and O–H groups in total. The number of rotatable bonds is 4. The van der Waals surface area contributed by atoms with Crippen molar-refractivity contribution in [3.8, 4) is 0 Å². The number of aromatic nitrogens is 2. The number of piperidine rings is 1. The van der Waals surface area contributed by atoms with Gasteiger partial charge in [0.15, 0.2) is 5.78 Å². The lowest BCUT2D eigenvalue weighted by Gasteiger charge is -2.31. The van der Waals surface area contributed by atoms with E-state index in [1.807, 2.05) is 4.90 Å². The molecule has 0 bridgehead atoms. The molecule has 8 heteroatoms. The third kappa shape index (κ3) is 3.37. The molecule has 1 aliphatic rings. The predicted molar refractivity (Wildman–Crippen MR) is 84.4 cm³/mol. The molecule has 0 saturated carbocycles. The Balaban J connectivity index is 1.62. The summed E-state index contributed by atoms with van der Waals surface area (Å²) in [6, 6.07) is 5.58. The molecule has 7 nitrogen and oxygen atoms in total. The maximum atomic E-state index is 12.9. The summed E-state index contributed by atoms with van der Waals surface area (Å²) in [6.45, 7) is 1.19. The smallest absolute Gasteiger partial charge is 0.305 e. The van der Waals surface area contributed by atoms with E-state index >= 15 is 0 Å². The fourth-order valence-electron chi connectivity index (χ4n) is 2.76. The van der Waals surface area contributed by atoms with Crippen LogP contribution in [-0.2, 0) is 0 Å². The van der Waals surface area contributed by atoms with E-state index in [1.165, 1.54) is 36.7 Å². The van der Waals surface area contributed by atoms with E-state index in [1.54, 1.807) is 0 Å². The second-order valence-corrected chi connectivity index (χ2v) is 5.63. The summed E-state index contributed by atoms with van der Waals surface area (Å²) in [5.74, 6) is -0.0472. The van der Waals surface area contributed by atoms with E-state index < -0.39 is 4.92 Å². The standard InChI is InChI=1S/C16H15FN4O3/c17-13-3-1-11(2-4-13)15(22)12-5-7-20(8-6-12)16-18-9-14(10-19-16)21(23)24/h1-4,9-10,12H,5-8H2. The quantitative estimate of drug-likeness (QED) is 0.486. The van der Waals surface area contributed by atoms with Gasteiger partial charge in [-0.2, -0.15) is 0 Å². The van der Waals surface area contributed by atoms with Gasteiger partial charge < -0.3 is 4.90 Å². The number of carbonyl (C=O) groups is 1. The molecule has 2 heterocycles. The molecule has 24 heavy (non-hydrogen) atoms. The van der Waals surface area contributed by atoms with E-state index in [4.69, 9.17) is 0 Å². The van der Waals surface area contributed by atoms with Gasteiger partial charge in [0, 0.05) is 24.6 Å². The minimum Gasteiger partial charge on any atom is -0.341 e. The number of halogens is 1. The molecule has 1 aromatic heterocycles. The van der Waals surface area contributed by atoms with Gasteiger partial charge in [0.1, 0.15) is 18.2 Å². The molecule has 0 atom stereocenters. The third-order valence-corrected chi connectivity index (χ3v) is 4.11. The highest BCUT2D eigenvalue weighted by atomic mass is 19.1. The molecule has 1 saturated heterocycles. The topological polar surface area (TPSA) is 89.2 Å². The number of nitro groups is 1. The van der Waals surface area contributed by atoms with Crippen molar-refractivity contribution < 1.29 is 14.1 Å². The van der Waals surface area contributed by atoms with Crippen molar-refractivity contribution in [2.45, 2.75) is 12.8 Å². The highest BCUT2D eigenvalue weighted by molar-refractivity contribution is 5.97. The average molecular weight is 330 g/mol. The summed E-state index contributed by atoms with van der Waals surface area (Å²) in [4.78, 5) is 32.4.